The Balaban J connectivity index is 4.40. The molecule has 0 heterocycles. The Hall–Kier alpha value is -1.03. The molecular weight excluding hydrogens is 587 g/mol. The molecule has 0 aliphatic heterocycles. The maximum atomic E-state index is 12.5. The average Bonchev–Trinajstić information content (AvgIpc) is 3.00. The minimum Gasteiger partial charge on any atom is -0.462 e. The summed E-state index contributed by atoms with van der Waals surface area (Å²) in [6.45, 7) is 2.34. The SMILES string of the molecule is CCCCCCCCCCCCCC(=O)OC[C@H](COP(=O)(O)OC[C@@H](O)CO)OC(=O)CCCCCCCCCCCC. The van der Waals surface area contributed by atoms with Crippen molar-refractivity contribution in [2.45, 2.75) is 174 Å². The van der Waals surface area contributed by atoms with Gasteiger partial charge in [0.1, 0.15) is 12.7 Å². The molecule has 0 aromatic rings. The number of rotatable bonds is 33. The highest BCUT2D eigenvalue weighted by atomic mass is 31.2. The molecule has 262 valence electrons. The molecule has 10 nitrogen and oxygen atoms in total. The van der Waals surface area contributed by atoms with Crippen LogP contribution in [0.2, 0.25) is 0 Å². The molecule has 0 aromatic heterocycles. The predicted molar refractivity (Wildman–Crippen MR) is 173 cm³/mol. The van der Waals surface area contributed by atoms with Gasteiger partial charge in [0, 0.05) is 12.8 Å². The van der Waals surface area contributed by atoms with E-state index in [0.29, 0.717) is 12.8 Å². The number of esters is 2. The summed E-state index contributed by atoms with van der Waals surface area (Å²) in [6.07, 6.45) is 22.2. The lowest BCUT2D eigenvalue weighted by Gasteiger charge is -2.20. The van der Waals surface area contributed by atoms with E-state index in [1.807, 2.05) is 0 Å². The minimum atomic E-state index is -4.59. The lowest BCUT2D eigenvalue weighted by atomic mass is 10.1. The van der Waals surface area contributed by atoms with E-state index in [1.165, 1.54) is 83.5 Å². The van der Waals surface area contributed by atoms with Crippen molar-refractivity contribution in [1.82, 2.24) is 0 Å². The van der Waals surface area contributed by atoms with Crippen LogP contribution in [0.15, 0.2) is 0 Å². The number of hydrogen-bond acceptors (Lipinski definition) is 9. The molecule has 0 amide bonds. The Bertz CT molecular complexity index is 721. The number of carbonyl (C=O) groups is 2. The Morgan fingerprint density at radius 1 is 0.591 bits per heavy atom. The molecular formula is C33H65O10P. The van der Waals surface area contributed by atoms with Crippen LogP contribution in [0.5, 0.6) is 0 Å². The third kappa shape index (κ3) is 29.7. The normalized spacial score (nSPS) is 14.2. The van der Waals surface area contributed by atoms with Crippen LogP contribution >= 0.6 is 7.82 Å². The Morgan fingerprint density at radius 3 is 1.41 bits per heavy atom. The van der Waals surface area contributed by atoms with Crippen molar-refractivity contribution in [2.24, 2.45) is 0 Å². The van der Waals surface area contributed by atoms with E-state index in [2.05, 4.69) is 18.4 Å². The highest BCUT2D eigenvalue weighted by Gasteiger charge is 2.27. The van der Waals surface area contributed by atoms with E-state index < -0.39 is 51.8 Å². The Labute approximate surface area is 267 Å². The van der Waals surface area contributed by atoms with Crippen molar-refractivity contribution < 1.29 is 47.8 Å². The van der Waals surface area contributed by atoms with Gasteiger partial charge in [-0.3, -0.25) is 18.6 Å². The van der Waals surface area contributed by atoms with E-state index >= 15 is 0 Å². The summed E-state index contributed by atoms with van der Waals surface area (Å²) >= 11 is 0. The van der Waals surface area contributed by atoms with Crippen LogP contribution in [-0.4, -0.2) is 65.7 Å². The van der Waals surface area contributed by atoms with Gasteiger partial charge in [0.25, 0.3) is 0 Å². The maximum absolute atomic E-state index is 12.5. The van der Waals surface area contributed by atoms with E-state index in [-0.39, 0.29) is 19.4 Å². The van der Waals surface area contributed by atoms with Gasteiger partial charge in [-0.15, -0.1) is 0 Å². The Morgan fingerprint density at radius 2 is 0.977 bits per heavy atom. The van der Waals surface area contributed by atoms with Crippen molar-refractivity contribution in [3.63, 3.8) is 0 Å². The van der Waals surface area contributed by atoms with Gasteiger partial charge in [0.15, 0.2) is 6.10 Å². The van der Waals surface area contributed by atoms with Crippen LogP contribution in [0.3, 0.4) is 0 Å². The molecule has 3 N–H and O–H groups in total. The third-order valence-electron chi connectivity index (χ3n) is 7.51. The van der Waals surface area contributed by atoms with Crippen molar-refractivity contribution in [1.29, 1.82) is 0 Å². The van der Waals surface area contributed by atoms with Crippen LogP contribution in [0.25, 0.3) is 0 Å². The monoisotopic (exact) mass is 652 g/mol. The zero-order valence-electron chi connectivity index (χ0n) is 27.9. The molecule has 1 unspecified atom stereocenters. The van der Waals surface area contributed by atoms with Crippen molar-refractivity contribution in [3.05, 3.63) is 0 Å². The second kappa shape index (κ2) is 30.6. The van der Waals surface area contributed by atoms with Gasteiger partial charge in [0.2, 0.25) is 0 Å². The van der Waals surface area contributed by atoms with Gasteiger partial charge < -0.3 is 24.6 Å². The quantitative estimate of drug-likeness (QED) is 0.0362. The van der Waals surface area contributed by atoms with Crippen LogP contribution in [0, 0.1) is 0 Å². The smallest absolute Gasteiger partial charge is 0.462 e. The summed E-state index contributed by atoms with van der Waals surface area (Å²) in [5, 5.41) is 18.2. The third-order valence-corrected chi connectivity index (χ3v) is 8.46. The van der Waals surface area contributed by atoms with Crippen LogP contribution in [0.4, 0.5) is 0 Å². The first-order valence-electron chi connectivity index (χ1n) is 17.5. The zero-order valence-corrected chi connectivity index (χ0v) is 28.8. The fourth-order valence-electron chi connectivity index (χ4n) is 4.76. The predicted octanol–water partition coefficient (Wildman–Crippen LogP) is 7.94. The number of phosphoric ester groups is 1. The molecule has 0 aromatic carbocycles. The van der Waals surface area contributed by atoms with Crippen molar-refractivity contribution >= 4 is 19.8 Å². The molecule has 0 aliphatic carbocycles. The van der Waals surface area contributed by atoms with Crippen molar-refractivity contribution in [3.8, 4) is 0 Å². The summed E-state index contributed by atoms with van der Waals surface area (Å²) in [7, 11) is -4.59. The maximum Gasteiger partial charge on any atom is 0.472 e. The summed E-state index contributed by atoms with van der Waals surface area (Å²) < 4.78 is 32.4. The molecule has 0 rings (SSSR count). The first-order valence-corrected chi connectivity index (χ1v) is 19.0. The molecule has 11 heteroatoms. The topological polar surface area (TPSA) is 149 Å². The van der Waals surface area contributed by atoms with Gasteiger partial charge >= 0.3 is 19.8 Å². The molecule has 0 spiro atoms. The van der Waals surface area contributed by atoms with E-state index in [0.717, 1.165) is 38.5 Å². The number of aliphatic hydroxyl groups is 2. The summed E-state index contributed by atoms with van der Waals surface area (Å²) in [4.78, 5) is 34.6. The first-order chi connectivity index (χ1) is 21.2. The van der Waals surface area contributed by atoms with Gasteiger partial charge in [0.05, 0.1) is 19.8 Å². The molecule has 3 atom stereocenters. The Kier molecular flexibility index (Phi) is 29.9. The highest BCUT2D eigenvalue weighted by molar-refractivity contribution is 7.47. The standard InChI is InChI=1S/C33H65O10P/c1-3-5-7-9-11-13-15-17-18-20-22-24-32(36)40-28-31(29-42-44(38,39)41-27-30(35)26-34)43-33(37)25-23-21-19-16-14-12-10-8-6-4-2/h30-31,34-35H,3-29H2,1-2H3,(H,38,39)/t30-,31+/m0/s1. The lowest BCUT2D eigenvalue weighted by Crippen LogP contribution is -2.29. The highest BCUT2D eigenvalue weighted by Crippen LogP contribution is 2.43. The first kappa shape index (κ1) is 43.0. The summed E-state index contributed by atoms with van der Waals surface area (Å²) in [6, 6.07) is 0. The second-order valence-corrected chi connectivity index (χ2v) is 13.4. The molecule has 0 bridgehead atoms. The van der Waals surface area contributed by atoms with E-state index in [4.69, 9.17) is 19.1 Å². The number of unbranched alkanes of at least 4 members (excludes halogenated alkanes) is 19. The molecule has 0 saturated carbocycles. The second-order valence-electron chi connectivity index (χ2n) is 11.9. The zero-order chi connectivity index (χ0) is 32.7. The van der Waals surface area contributed by atoms with E-state index in [1.54, 1.807) is 0 Å². The van der Waals surface area contributed by atoms with Gasteiger partial charge in [-0.2, -0.15) is 0 Å². The van der Waals surface area contributed by atoms with Gasteiger partial charge in [-0.1, -0.05) is 136 Å². The lowest BCUT2D eigenvalue weighted by molar-refractivity contribution is -0.161. The van der Waals surface area contributed by atoms with Crippen LogP contribution in [-0.2, 0) is 32.7 Å². The largest absolute Gasteiger partial charge is 0.472 e. The fourth-order valence-corrected chi connectivity index (χ4v) is 5.55. The van der Waals surface area contributed by atoms with Crippen LogP contribution < -0.4 is 0 Å². The number of phosphoric acid groups is 1. The molecule has 0 fully saturated rings. The number of hydrogen-bond donors (Lipinski definition) is 3. The minimum absolute atomic E-state index is 0.190. The average molecular weight is 653 g/mol. The molecule has 0 radical (unpaired) electrons. The molecule has 44 heavy (non-hydrogen) atoms. The number of carbonyl (C=O) groups excluding carboxylic acids is 2. The number of aliphatic hydroxyl groups excluding tert-OH is 2. The summed E-state index contributed by atoms with van der Waals surface area (Å²) in [5.41, 5.74) is 0. The van der Waals surface area contributed by atoms with Crippen molar-refractivity contribution in [2.75, 3.05) is 26.4 Å². The van der Waals surface area contributed by atoms with Gasteiger partial charge in [-0.25, -0.2) is 4.57 Å². The van der Waals surface area contributed by atoms with Gasteiger partial charge in [-0.05, 0) is 12.8 Å². The van der Waals surface area contributed by atoms with E-state index in [9.17, 15) is 24.2 Å². The fraction of sp³-hybridized carbons (Fsp3) is 0.939. The molecule has 0 aliphatic rings. The number of ether oxygens (including phenoxy) is 2. The molecule has 0 saturated heterocycles. The van der Waals surface area contributed by atoms with Crippen LogP contribution in [0.1, 0.15) is 162 Å². The summed E-state index contributed by atoms with van der Waals surface area (Å²) in [5.74, 6) is -0.921.